The number of carbonyl (C=O) groups excluding carboxylic acids is 1. The van der Waals surface area contributed by atoms with Crippen molar-refractivity contribution in [3.8, 4) is 5.69 Å². The van der Waals surface area contributed by atoms with Crippen molar-refractivity contribution in [2.45, 2.75) is 69.3 Å². The number of nitrogens with zero attached hydrogens (tertiary/aromatic N) is 4. The number of aryl methyl sites for hydroxylation is 2. The predicted octanol–water partition coefficient (Wildman–Crippen LogP) is 3.21. The molecule has 1 aromatic heterocycles. The van der Waals surface area contributed by atoms with Gasteiger partial charge in [0.05, 0.1) is 10.9 Å². The summed E-state index contributed by atoms with van der Waals surface area (Å²) in [6, 6.07) is 6.51. The predicted molar refractivity (Wildman–Crippen MR) is 99.0 cm³/mol. The van der Waals surface area contributed by atoms with Gasteiger partial charge in [0.2, 0.25) is 11.1 Å². The third kappa shape index (κ3) is 4.60. The largest absolute Gasteiger partial charge is 0.352 e. The summed E-state index contributed by atoms with van der Waals surface area (Å²) in [7, 11) is 0. The third-order valence-electron chi connectivity index (χ3n) is 4.49. The van der Waals surface area contributed by atoms with Gasteiger partial charge in [-0.25, -0.2) is 0 Å². The Hall–Kier alpha value is -1.89. The van der Waals surface area contributed by atoms with E-state index in [1.807, 2.05) is 32.9 Å². The van der Waals surface area contributed by atoms with Crippen LogP contribution in [-0.4, -0.2) is 37.4 Å². The van der Waals surface area contributed by atoms with E-state index in [1.54, 1.807) is 4.68 Å². The number of benzene rings is 1. The molecule has 0 radical (unpaired) electrons. The highest BCUT2D eigenvalue weighted by atomic mass is 32.2. The second-order valence-corrected chi connectivity index (χ2v) is 8.13. The number of nitrogens with one attached hydrogen (secondary N) is 1. The third-order valence-corrected chi connectivity index (χ3v) is 5.53. The number of hydrogen-bond acceptors (Lipinski definition) is 5. The Bertz CT molecular complexity index is 719. The molecular formula is C18H25N5OS. The Balaban J connectivity index is 1.68. The SMILES string of the molecule is Cc1cc(C)cc(-n2nnnc2S[C@@H](C)C(=O)NC2CCCCC2)c1. The zero-order chi connectivity index (χ0) is 17.8. The number of aromatic nitrogens is 4. The van der Waals surface area contributed by atoms with Gasteiger partial charge in [0, 0.05) is 6.04 Å². The Morgan fingerprint density at radius 1 is 1.20 bits per heavy atom. The Morgan fingerprint density at radius 3 is 2.56 bits per heavy atom. The lowest BCUT2D eigenvalue weighted by Gasteiger charge is -2.24. The van der Waals surface area contributed by atoms with Crippen molar-refractivity contribution in [2.75, 3.05) is 0 Å². The molecule has 0 bridgehead atoms. The summed E-state index contributed by atoms with van der Waals surface area (Å²) in [6.07, 6.45) is 5.86. The van der Waals surface area contributed by atoms with E-state index in [4.69, 9.17) is 0 Å². The first-order chi connectivity index (χ1) is 12.0. The number of rotatable bonds is 5. The quantitative estimate of drug-likeness (QED) is 0.830. The van der Waals surface area contributed by atoms with Gasteiger partial charge in [0.1, 0.15) is 0 Å². The number of amides is 1. The fraction of sp³-hybridized carbons (Fsp3) is 0.556. The van der Waals surface area contributed by atoms with Crippen LogP contribution in [0.15, 0.2) is 23.4 Å². The molecule has 2 aromatic rings. The molecule has 1 heterocycles. The van der Waals surface area contributed by atoms with Crippen molar-refractivity contribution in [1.82, 2.24) is 25.5 Å². The van der Waals surface area contributed by atoms with E-state index in [1.165, 1.54) is 31.0 Å². The van der Waals surface area contributed by atoms with Crippen LogP contribution in [0, 0.1) is 13.8 Å². The van der Waals surface area contributed by atoms with E-state index in [2.05, 4.69) is 26.9 Å². The minimum absolute atomic E-state index is 0.0619. The fourth-order valence-electron chi connectivity index (χ4n) is 3.26. The van der Waals surface area contributed by atoms with Crippen LogP contribution in [0.2, 0.25) is 0 Å². The van der Waals surface area contributed by atoms with Gasteiger partial charge in [0.15, 0.2) is 0 Å². The van der Waals surface area contributed by atoms with Crippen LogP contribution in [0.3, 0.4) is 0 Å². The maximum absolute atomic E-state index is 12.5. The van der Waals surface area contributed by atoms with Gasteiger partial charge in [-0.05, 0) is 67.3 Å². The lowest BCUT2D eigenvalue weighted by Crippen LogP contribution is -2.40. The Morgan fingerprint density at radius 2 is 1.88 bits per heavy atom. The molecule has 0 saturated heterocycles. The Labute approximate surface area is 152 Å². The molecule has 0 unspecified atom stereocenters. The van der Waals surface area contributed by atoms with E-state index in [-0.39, 0.29) is 11.2 Å². The van der Waals surface area contributed by atoms with Crippen LogP contribution in [0.1, 0.15) is 50.2 Å². The van der Waals surface area contributed by atoms with Gasteiger partial charge in [-0.2, -0.15) is 4.68 Å². The van der Waals surface area contributed by atoms with Crippen molar-refractivity contribution < 1.29 is 4.79 Å². The van der Waals surface area contributed by atoms with Crippen LogP contribution in [0.25, 0.3) is 5.69 Å². The molecule has 1 N–H and O–H groups in total. The molecule has 1 aromatic carbocycles. The normalized spacial score (nSPS) is 16.6. The lowest BCUT2D eigenvalue weighted by atomic mass is 9.95. The maximum atomic E-state index is 12.5. The summed E-state index contributed by atoms with van der Waals surface area (Å²) in [6.45, 7) is 6.01. The van der Waals surface area contributed by atoms with Crippen LogP contribution < -0.4 is 5.32 Å². The first-order valence-electron chi connectivity index (χ1n) is 8.87. The van der Waals surface area contributed by atoms with Gasteiger partial charge in [-0.1, -0.05) is 37.1 Å². The molecule has 0 spiro atoms. The van der Waals surface area contributed by atoms with E-state index in [9.17, 15) is 4.79 Å². The molecule has 1 aliphatic carbocycles. The number of thioether (sulfide) groups is 1. The van der Waals surface area contributed by atoms with Crippen molar-refractivity contribution >= 4 is 17.7 Å². The average Bonchev–Trinajstić information content (AvgIpc) is 3.03. The fourth-order valence-corrected chi connectivity index (χ4v) is 4.08. The molecule has 0 aliphatic heterocycles. The number of carbonyl (C=O) groups is 1. The first-order valence-corrected chi connectivity index (χ1v) is 9.75. The summed E-state index contributed by atoms with van der Waals surface area (Å²) in [4.78, 5) is 12.5. The molecule has 1 fully saturated rings. The molecule has 1 aliphatic rings. The van der Waals surface area contributed by atoms with Crippen molar-refractivity contribution in [3.63, 3.8) is 0 Å². The van der Waals surface area contributed by atoms with Crippen LogP contribution in [0.5, 0.6) is 0 Å². The van der Waals surface area contributed by atoms with E-state index >= 15 is 0 Å². The minimum Gasteiger partial charge on any atom is -0.352 e. The molecule has 134 valence electrons. The summed E-state index contributed by atoms with van der Waals surface area (Å²) < 4.78 is 1.70. The summed E-state index contributed by atoms with van der Waals surface area (Å²) in [5.74, 6) is 0.0619. The molecule has 7 heteroatoms. The van der Waals surface area contributed by atoms with Gasteiger partial charge >= 0.3 is 0 Å². The summed E-state index contributed by atoms with van der Waals surface area (Å²) in [5, 5.41) is 15.6. The Kier molecular flexibility index (Phi) is 5.73. The topological polar surface area (TPSA) is 72.7 Å². The van der Waals surface area contributed by atoms with E-state index in [0.29, 0.717) is 11.2 Å². The molecule has 1 amide bonds. The van der Waals surface area contributed by atoms with Crippen molar-refractivity contribution in [2.24, 2.45) is 0 Å². The zero-order valence-electron chi connectivity index (χ0n) is 15.0. The second kappa shape index (κ2) is 7.99. The average molecular weight is 359 g/mol. The van der Waals surface area contributed by atoms with E-state index < -0.39 is 0 Å². The van der Waals surface area contributed by atoms with Gasteiger partial charge < -0.3 is 5.32 Å². The van der Waals surface area contributed by atoms with Gasteiger partial charge in [-0.3, -0.25) is 4.79 Å². The summed E-state index contributed by atoms with van der Waals surface area (Å²) in [5.41, 5.74) is 3.24. The first kappa shape index (κ1) is 17.9. The monoisotopic (exact) mass is 359 g/mol. The highest BCUT2D eigenvalue weighted by molar-refractivity contribution is 8.00. The van der Waals surface area contributed by atoms with Crippen LogP contribution in [0.4, 0.5) is 0 Å². The second-order valence-electron chi connectivity index (χ2n) is 6.82. The minimum atomic E-state index is -0.238. The van der Waals surface area contributed by atoms with Crippen molar-refractivity contribution in [3.05, 3.63) is 29.3 Å². The zero-order valence-corrected chi connectivity index (χ0v) is 15.8. The van der Waals surface area contributed by atoms with Gasteiger partial charge in [-0.15, -0.1) is 5.10 Å². The van der Waals surface area contributed by atoms with Crippen LogP contribution >= 0.6 is 11.8 Å². The number of tetrazole rings is 1. The van der Waals surface area contributed by atoms with Crippen LogP contribution in [-0.2, 0) is 4.79 Å². The standard InChI is InChI=1S/C18H25N5OS/c1-12-9-13(2)11-16(10-12)23-18(20-21-22-23)25-14(3)17(24)19-15-7-5-4-6-8-15/h9-11,14-15H,4-8H2,1-3H3,(H,19,24)/t14-/m0/s1. The highest BCUT2D eigenvalue weighted by Crippen LogP contribution is 2.25. The maximum Gasteiger partial charge on any atom is 0.233 e. The molecular weight excluding hydrogens is 334 g/mol. The molecule has 6 nitrogen and oxygen atoms in total. The molecule has 25 heavy (non-hydrogen) atoms. The van der Waals surface area contributed by atoms with Crippen molar-refractivity contribution in [1.29, 1.82) is 0 Å². The summed E-state index contributed by atoms with van der Waals surface area (Å²) >= 11 is 1.39. The molecule has 1 atom stereocenters. The lowest BCUT2D eigenvalue weighted by molar-refractivity contribution is -0.121. The molecule has 3 rings (SSSR count). The smallest absolute Gasteiger partial charge is 0.233 e. The molecule has 1 saturated carbocycles. The highest BCUT2D eigenvalue weighted by Gasteiger charge is 2.22. The van der Waals surface area contributed by atoms with E-state index in [0.717, 1.165) is 29.7 Å². The van der Waals surface area contributed by atoms with Gasteiger partial charge in [0.25, 0.3) is 0 Å². The number of hydrogen-bond donors (Lipinski definition) is 1.